The van der Waals surface area contributed by atoms with Gasteiger partial charge in [-0.25, -0.2) is 14.4 Å². The Labute approximate surface area is 192 Å². The molecule has 2 heterocycles. The number of carbonyl (C=O) groups excluding carboxylic acids is 3. The van der Waals surface area contributed by atoms with E-state index in [2.05, 4.69) is 16.0 Å². The predicted octanol–water partition coefficient (Wildman–Crippen LogP) is 3.12. The van der Waals surface area contributed by atoms with Crippen molar-refractivity contribution in [2.24, 2.45) is 0 Å². The fourth-order valence-electron chi connectivity index (χ4n) is 3.22. The van der Waals surface area contributed by atoms with Crippen molar-refractivity contribution in [2.75, 3.05) is 25.1 Å². The second kappa shape index (κ2) is 10.6. The van der Waals surface area contributed by atoms with E-state index in [1.54, 1.807) is 31.4 Å². The molecule has 3 rings (SSSR count). The first kappa shape index (κ1) is 23.7. The van der Waals surface area contributed by atoms with Crippen LogP contribution >= 0.6 is 11.3 Å². The molecule has 1 aromatic carbocycles. The molecule has 0 fully saturated rings. The molecular formula is C21H22N4O7S. The molecule has 0 radical (unpaired) electrons. The summed E-state index contributed by atoms with van der Waals surface area (Å²) in [6, 6.07) is 6.11. The van der Waals surface area contributed by atoms with Crippen molar-refractivity contribution in [3.05, 3.63) is 67.5 Å². The zero-order valence-electron chi connectivity index (χ0n) is 17.9. The summed E-state index contributed by atoms with van der Waals surface area (Å²) >= 11 is 1.34. The number of rotatable bonds is 9. The predicted molar refractivity (Wildman–Crippen MR) is 120 cm³/mol. The number of nitro benzene ring substituents is 1. The first-order valence-corrected chi connectivity index (χ1v) is 10.9. The van der Waals surface area contributed by atoms with E-state index in [-0.39, 0.29) is 34.8 Å². The maximum absolute atomic E-state index is 12.7. The normalized spacial score (nSPS) is 15.3. The second-order valence-corrected chi connectivity index (χ2v) is 7.73. The molecule has 2 amide bonds. The molecule has 12 heteroatoms. The highest BCUT2D eigenvalue weighted by Gasteiger charge is 2.34. The highest BCUT2D eigenvalue weighted by Crippen LogP contribution is 2.31. The molecule has 33 heavy (non-hydrogen) atoms. The number of nitrogens with one attached hydrogen (secondary N) is 3. The fourth-order valence-corrected chi connectivity index (χ4v) is 4.01. The van der Waals surface area contributed by atoms with Crippen LogP contribution in [0.2, 0.25) is 0 Å². The van der Waals surface area contributed by atoms with Gasteiger partial charge in [0.2, 0.25) is 0 Å². The Balaban J connectivity index is 1.88. The Morgan fingerprint density at radius 2 is 2.00 bits per heavy atom. The van der Waals surface area contributed by atoms with Crippen LogP contribution in [0.15, 0.2) is 47.0 Å². The number of hydrogen-bond donors (Lipinski definition) is 3. The minimum Gasteiger partial charge on any atom is -0.463 e. The maximum atomic E-state index is 12.7. The van der Waals surface area contributed by atoms with Crippen LogP contribution in [0, 0.1) is 10.1 Å². The van der Waals surface area contributed by atoms with Crippen molar-refractivity contribution in [1.82, 2.24) is 10.6 Å². The number of esters is 2. The number of thiophene rings is 1. The van der Waals surface area contributed by atoms with E-state index in [9.17, 15) is 24.5 Å². The summed E-state index contributed by atoms with van der Waals surface area (Å²) in [5, 5.41) is 21.2. The molecule has 2 aromatic rings. The van der Waals surface area contributed by atoms with Crippen LogP contribution < -0.4 is 16.0 Å². The van der Waals surface area contributed by atoms with Crippen LogP contribution in [-0.2, 0) is 14.3 Å². The number of nitro groups is 1. The minimum absolute atomic E-state index is 0.0447. The molecule has 1 aliphatic rings. The molecule has 0 spiro atoms. The number of urea groups is 1. The molecule has 1 aliphatic heterocycles. The fraction of sp³-hybridized carbons (Fsp3) is 0.286. The van der Waals surface area contributed by atoms with Gasteiger partial charge < -0.3 is 25.4 Å². The molecule has 0 bridgehead atoms. The number of carbonyl (C=O) groups is 3. The van der Waals surface area contributed by atoms with E-state index in [1.165, 1.54) is 23.5 Å². The zero-order valence-corrected chi connectivity index (χ0v) is 18.7. The van der Waals surface area contributed by atoms with Gasteiger partial charge in [0.25, 0.3) is 5.69 Å². The van der Waals surface area contributed by atoms with E-state index in [0.717, 1.165) is 6.07 Å². The summed E-state index contributed by atoms with van der Waals surface area (Å²) in [5.41, 5.74) is 0.140. The van der Waals surface area contributed by atoms with E-state index >= 15 is 0 Å². The van der Waals surface area contributed by atoms with Gasteiger partial charge in [-0.3, -0.25) is 10.1 Å². The van der Waals surface area contributed by atoms with Gasteiger partial charge in [-0.2, -0.15) is 0 Å². The van der Waals surface area contributed by atoms with Crippen LogP contribution in [0.4, 0.5) is 16.2 Å². The Morgan fingerprint density at radius 3 is 2.64 bits per heavy atom. The number of amides is 2. The molecule has 0 saturated carbocycles. The zero-order chi connectivity index (χ0) is 24.0. The van der Waals surface area contributed by atoms with Crippen LogP contribution in [0.25, 0.3) is 0 Å². The number of nitrogens with zero attached hydrogens (tertiary/aromatic N) is 1. The lowest BCUT2D eigenvalue weighted by Gasteiger charge is -2.28. The average Bonchev–Trinajstić information content (AvgIpc) is 3.32. The number of benzene rings is 1. The third-order valence-corrected chi connectivity index (χ3v) is 5.56. The van der Waals surface area contributed by atoms with E-state index in [1.807, 2.05) is 0 Å². The summed E-state index contributed by atoms with van der Waals surface area (Å²) in [5.74, 6) is -1.52. The van der Waals surface area contributed by atoms with Gasteiger partial charge in [0.1, 0.15) is 12.3 Å². The molecule has 1 aromatic heterocycles. The van der Waals surface area contributed by atoms with Gasteiger partial charge >= 0.3 is 18.0 Å². The third-order valence-electron chi connectivity index (χ3n) is 4.62. The van der Waals surface area contributed by atoms with Gasteiger partial charge in [-0.1, -0.05) is 6.07 Å². The largest absolute Gasteiger partial charge is 0.463 e. The van der Waals surface area contributed by atoms with Crippen LogP contribution in [0.3, 0.4) is 0 Å². The quantitative estimate of drug-likeness (QED) is 0.285. The Morgan fingerprint density at radius 1 is 1.21 bits per heavy atom. The lowest BCUT2D eigenvalue weighted by atomic mass is 10.0. The second-order valence-electron chi connectivity index (χ2n) is 6.76. The number of hydrogen-bond acceptors (Lipinski definition) is 9. The number of anilines is 1. The molecule has 1 unspecified atom stereocenters. The van der Waals surface area contributed by atoms with Crippen molar-refractivity contribution in [3.8, 4) is 0 Å². The molecule has 174 valence electrons. The summed E-state index contributed by atoms with van der Waals surface area (Å²) in [6.07, 6.45) is 0. The smallest absolute Gasteiger partial charge is 0.338 e. The first-order chi connectivity index (χ1) is 15.8. The van der Waals surface area contributed by atoms with Gasteiger partial charge in [-0.05, 0) is 37.4 Å². The third kappa shape index (κ3) is 5.47. The van der Waals surface area contributed by atoms with Crippen LogP contribution in [0.5, 0.6) is 0 Å². The average molecular weight is 474 g/mol. The van der Waals surface area contributed by atoms with Gasteiger partial charge in [0.15, 0.2) is 0 Å². The van der Waals surface area contributed by atoms with Crippen molar-refractivity contribution in [2.45, 2.75) is 19.9 Å². The molecule has 1 atom stereocenters. The first-order valence-electron chi connectivity index (χ1n) is 10.1. The molecule has 11 nitrogen and oxygen atoms in total. The standard InChI is InChI=1S/C21H22N4O7S/c1-3-22-13-8-7-12(10-15(13)25(29)30)19(26)32-11-14-17(20(27)31-4-2)18(24-21(28)23-14)16-6-5-9-33-16/h5-10,18,22H,3-4,11H2,1-2H3,(H2,23,24,28). The molecule has 0 aliphatic carbocycles. The Bertz CT molecular complexity index is 1100. The van der Waals surface area contributed by atoms with Crippen molar-refractivity contribution in [3.63, 3.8) is 0 Å². The summed E-state index contributed by atoms with van der Waals surface area (Å²) in [7, 11) is 0. The monoisotopic (exact) mass is 474 g/mol. The van der Waals surface area contributed by atoms with E-state index in [4.69, 9.17) is 9.47 Å². The van der Waals surface area contributed by atoms with Gasteiger partial charge in [-0.15, -0.1) is 11.3 Å². The SMILES string of the molecule is CCNc1ccc(C(=O)OCC2=C(C(=O)OCC)C(c3cccs3)NC(=O)N2)cc1[N+](=O)[O-]. The van der Waals surface area contributed by atoms with Gasteiger partial charge in [0, 0.05) is 17.5 Å². The minimum atomic E-state index is -0.850. The molecule has 0 saturated heterocycles. The van der Waals surface area contributed by atoms with E-state index < -0.39 is 35.5 Å². The van der Waals surface area contributed by atoms with Gasteiger partial charge in [0.05, 0.1) is 34.4 Å². The maximum Gasteiger partial charge on any atom is 0.338 e. The molecular weight excluding hydrogens is 452 g/mol. The highest BCUT2D eigenvalue weighted by atomic mass is 32.1. The summed E-state index contributed by atoms with van der Waals surface area (Å²) in [6.45, 7) is 3.58. The van der Waals surface area contributed by atoms with E-state index in [0.29, 0.717) is 11.4 Å². The van der Waals surface area contributed by atoms with Crippen molar-refractivity contribution >= 4 is 40.7 Å². The lowest BCUT2D eigenvalue weighted by Crippen LogP contribution is -2.46. The Kier molecular flexibility index (Phi) is 7.61. The highest BCUT2D eigenvalue weighted by molar-refractivity contribution is 7.10. The summed E-state index contributed by atoms with van der Waals surface area (Å²) in [4.78, 5) is 48.9. The van der Waals surface area contributed by atoms with Crippen LogP contribution in [0.1, 0.15) is 35.1 Å². The van der Waals surface area contributed by atoms with Crippen molar-refractivity contribution < 1.29 is 28.8 Å². The lowest BCUT2D eigenvalue weighted by molar-refractivity contribution is -0.384. The Hall–Kier alpha value is -3.93. The molecule has 3 N–H and O–H groups in total. The van der Waals surface area contributed by atoms with Crippen molar-refractivity contribution in [1.29, 1.82) is 0 Å². The van der Waals surface area contributed by atoms with Crippen LogP contribution in [-0.4, -0.2) is 42.7 Å². The summed E-state index contributed by atoms with van der Waals surface area (Å²) < 4.78 is 10.4. The topological polar surface area (TPSA) is 149 Å². The number of ether oxygens (including phenoxy) is 2.